The Morgan fingerprint density at radius 1 is 1.22 bits per heavy atom. The molecule has 2 rings (SSSR count). The van der Waals surface area contributed by atoms with Gasteiger partial charge in [-0.05, 0) is 24.9 Å². The minimum absolute atomic E-state index is 0.857. The molecule has 1 N–H and O–H groups in total. The first-order valence-corrected chi connectivity index (χ1v) is 6.65. The van der Waals surface area contributed by atoms with Gasteiger partial charge < -0.3 is 9.88 Å². The van der Waals surface area contributed by atoms with Gasteiger partial charge in [0.25, 0.3) is 0 Å². The molecule has 0 saturated heterocycles. The van der Waals surface area contributed by atoms with Gasteiger partial charge in [0, 0.05) is 18.9 Å². The molecule has 0 radical (unpaired) electrons. The first kappa shape index (κ1) is 12.8. The van der Waals surface area contributed by atoms with E-state index in [0.717, 1.165) is 38.3 Å². The Bertz CT molecular complexity index is 448. The van der Waals surface area contributed by atoms with Crippen molar-refractivity contribution in [3.05, 3.63) is 54.1 Å². The Labute approximate surface area is 109 Å². The Kier molecular flexibility index (Phi) is 4.97. The van der Waals surface area contributed by atoms with Crippen molar-refractivity contribution in [3.8, 4) is 0 Å². The molecule has 96 valence electrons. The van der Waals surface area contributed by atoms with Crippen LogP contribution in [0.25, 0.3) is 0 Å². The van der Waals surface area contributed by atoms with Crippen molar-refractivity contribution in [3.63, 3.8) is 0 Å². The number of aromatic nitrogens is 2. The van der Waals surface area contributed by atoms with Crippen molar-refractivity contribution in [2.75, 3.05) is 6.54 Å². The van der Waals surface area contributed by atoms with E-state index < -0.39 is 0 Å². The monoisotopic (exact) mass is 243 g/mol. The summed E-state index contributed by atoms with van der Waals surface area (Å²) in [6.45, 7) is 5.07. The van der Waals surface area contributed by atoms with E-state index >= 15 is 0 Å². The SMILES string of the molecule is CCCNCc1nccn1CCc1ccccc1. The van der Waals surface area contributed by atoms with Crippen LogP contribution in [0.5, 0.6) is 0 Å². The minimum atomic E-state index is 0.857. The number of nitrogens with one attached hydrogen (secondary N) is 1. The second-order valence-electron chi connectivity index (χ2n) is 4.45. The summed E-state index contributed by atoms with van der Waals surface area (Å²) in [5, 5.41) is 3.39. The normalized spacial score (nSPS) is 10.7. The van der Waals surface area contributed by atoms with Gasteiger partial charge in [0.2, 0.25) is 0 Å². The highest BCUT2D eigenvalue weighted by Crippen LogP contribution is 2.04. The third kappa shape index (κ3) is 3.70. The maximum Gasteiger partial charge on any atom is 0.122 e. The number of nitrogens with zero attached hydrogens (tertiary/aromatic N) is 2. The number of imidazole rings is 1. The van der Waals surface area contributed by atoms with Crippen LogP contribution in [0.3, 0.4) is 0 Å². The number of aryl methyl sites for hydroxylation is 2. The first-order chi connectivity index (χ1) is 8.90. The van der Waals surface area contributed by atoms with Crippen molar-refractivity contribution in [2.24, 2.45) is 0 Å². The topological polar surface area (TPSA) is 29.9 Å². The maximum absolute atomic E-state index is 4.40. The summed E-state index contributed by atoms with van der Waals surface area (Å²) in [5.74, 6) is 1.12. The molecule has 2 aromatic rings. The fraction of sp³-hybridized carbons (Fsp3) is 0.400. The maximum atomic E-state index is 4.40. The molecule has 3 nitrogen and oxygen atoms in total. The molecule has 0 atom stereocenters. The summed E-state index contributed by atoms with van der Waals surface area (Å²) in [6, 6.07) is 10.6. The molecule has 1 aromatic carbocycles. The van der Waals surface area contributed by atoms with Gasteiger partial charge in [-0.1, -0.05) is 37.3 Å². The molecule has 0 bridgehead atoms. The van der Waals surface area contributed by atoms with E-state index in [0.29, 0.717) is 0 Å². The van der Waals surface area contributed by atoms with Crippen LogP contribution in [-0.2, 0) is 19.5 Å². The Hall–Kier alpha value is -1.61. The quantitative estimate of drug-likeness (QED) is 0.758. The third-order valence-corrected chi connectivity index (χ3v) is 3.00. The van der Waals surface area contributed by atoms with Gasteiger partial charge in [-0.2, -0.15) is 0 Å². The lowest BCUT2D eigenvalue weighted by Gasteiger charge is -2.08. The van der Waals surface area contributed by atoms with Gasteiger partial charge in [0.05, 0.1) is 6.54 Å². The van der Waals surface area contributed by atoms with Gasteiger partial charge in [0.1, 0.15) is 5.82 Å². The summed E-state index contributed by atoms with van der Waals surface area (Å²) >= 11 is 0. The van der Waals surface area contributed by atoms with Crippen molar-refractivity contribution in [2.45, 2.75) is 32.9 Å². The highest BCUT2D eigenvalue weighted by molar-refractivity contribution is 5.14. The molecule has 1 aromatic heterocycles. The first-order valence-electron chi connectivity index (χ1n) is 6.65. The van der Waals surface area contributed by atoms with Crippen LogP contribution in [-0.4, -0.2) is 16.1 Å². The smallest absolute Gasteiger partial charge is 0.122 e. The lowest BCUT2D eigenvalue weighted by molar-refractivity contribution is 0.591. The van der Waals surface area contributed by atoms with Crippen LogP contribution in [0.15, 0.2) is 42.7 Å². The summed E-state index contributed by atoms with van der Waals surface area (Å²) in [4.78, 5) is 4.40. The average Bonchev–Trinajstić information content (AvgIpc) is 2.86. The van der Waals surface area contributed by atoms with E-state index in [-0.39, 0.29) is 0 Å². The summed E-state index contributed by atoms with van der Waals surface area (Å²) in [6.07, 6.45) is 6.16. The van der Waals surface area contributed by atoms with Crippen molar-refractivity contribution < 1.29 is 0 Å². The van der Waals surface area contributed by atoms with Gasteiger partial charge in [-0.15, -0.1) is 0 Å². The van der Waals surface area contributed by atoms with E-state index in [9.17, 15) is 0 Å². The number of benzene rings is 1. The number of hydrogen-bond donors (Lipinski definition) is 1. The van der Waals surface area contributed by atoms with Crippen LogP contribution < -0.4 is 5.32 Å². The molecule has 3 heteroatoms. The molecule has 0 amide bonds. The Morgan fingerprint density at radius 3 is 2.83 bits per heavy atom. The second-order valence-corrected chi connectivity index (χ2v) is 4.45. The summed E-state index contributed by atoms with van der Waals surface area (Å²) < 4.78 is 2.23. The van der Waals surface area contributed by atoms with E-state index in [2.05, 4.69) is 58.3 Å². The predicted octanol–water partition coefficient (Wildman–Crippen LogP) is 2.63. The van der Waals surface area contributed by atoms with E-state index in [1.807, 2.05) is 6.20 Å². The van der Waals surface area contributed by atoms with Crippen LogP contribution in [0.1, 0.15) is 24.7 Å². The molecule has 0 aliphatic carbocycles. The molecule has 0 aliphatic rings. The lowest BCUT2D eigenvalue weighted by Crippen LogP contribution is -2.18. The number of rotatable bonds is 7. The highest BCUT2D eigenvalue weighted by atomic mass is 15.1. The fourth-order valence-electron chi connectivity index (χ4n) is 1.98. The molecular weight excluding hydrogens is 222 g/mol. The molecule has 0 spiro atoms. The summed E-state index contributed by atoms with van der Waals surface area (Å²) in [7, 11) is 0. The molecule has 18 heavy (non-hydrogen) atoms. The fourth-order valence-corrected chi connectivity index (χ4v) is 1.98. The standard InChI is InChI=1S/C15H21N3/c1-2-9-16-13-15-17-10-12-18(15)11-8-14-6-4-3-5-7-14/h3-7,10,12,16H,2,8-9,11,13H2,1H3. The van der Waals surface area contributed by atoms with Crippen molar-refractivity contribution in [1.29, 1.82) is 0 Å². The number of hydrogen-bond acceptors (Lipinski definition) is 2. The molecule has 0 unspecified atom stereocenters. The zero-order valence-electron chi connectivity index (χ0n) is 11.0. The Morgan fingerprint density at radius 2 is 2.06 bits per heavy atom. The molecule has 0 aliphatic heterocycles. The van der Waals surface area contributed by atoms with Gasteiger partial charge in [-0.3, -0.25) is 0 Å². The van der Waals surface area contributed by atoms with Crippen molar-refractivity contribution >= 4 is 0 Å². The Balaban J connectivity index is 1.87. The van der Waals surface area contributed by atoms with Gasteiger partial charge in [-0.25, -0.2) is 4.98 Å². The molecule has 0 fully saturated rings. The summed E-state index contributed by atoms with van der Waals surface area (Å²) in [5.41, 5.74) is 1.37. The molecule has 0 saturated carbocycles. The van der Waals surface area contributed by atoms with Crippen LogP contribution >= 0.6 is 0 Å². The van der Waals surface area contributed by atoms with E-state index in [1.54, 1.807) is 0 Å². The largest absolute Gasteiger partial charge is 0.334 e. The minimum Gasteiger partial charge on any atom is -0.334 e. The molecular formula is C15H21N3. The van der Waals surface area contributed by atoms with E-state index in [4.69, 9.17) is 0 Å². The van der Waals surface area contributed by atoms with Gasteiger partial charge >= 0.3 is 0 Å². The van der Waals surface area contributed by atoms with Crippen LogP contribution in [0.4, 0.5) is 0 Å². The molecule has 1 heterocycles. The highest BCUT2D eigenvalue weighted by Gasteiger charge is 2.02. The van der Waals surface area contributed by atoms with Gasteiger partial charge in [0.15, 0.2) is 0 Å². The zero-order chi connectivity index (χ0) is 12.6. The van der Waals surface area contributed by atoms with Crippen LogP contribution in [0.2, 0.25) is 0 Å². The van der Waals surface area contributed by atoms with Crippen molar-refractivity contribution in [1.82, 2.24) is 14.9 Å². The average molecular weight is 243 g/mol. The lowest BCUT2D eigenvalue weighted by atomic mass is 10.1. The zero-order valence-corrected chi connectivity index (χ0v) is 11.0. The van der Waals surface area contributed by atoms with E-state index in [1.165, 1.54) is 5.56 Å². The third-order valence-electron chi connectivity index (χ3n) is 3.00. The van der Waals surface area contributed by atoms with Crippen LogP contribution in [0, 0.1) is 0 Å². The second kappa shape index (κ2) is 6.97. The predicted molar refractivity (Wildman–Crippen MR) is 74.4 cm³/mol.